The molecule has 82 valence electrons. The second kappa shape index (κ2) is 5.41. The summed E-state index contributed by atoms with van der Waals surface area (Å²) in [5.41, 5.74) is 0.837. The highest BCUT2D eigenvalue weighted by Crippen LogP contribution is 2.05. The van der Waals surface area contributed by atoms with Gasteiger partial charge in [-0.1, -0.05) is 0 Å². The lowest BCUT2D eigenvalue weighted by atomic mass is 10.2. The molecule has 1 atom stereocenters. The zero-order valence-corrected chi connectivity index (χ0v) is 9.27. The van der Waals surface area contributed by atoms with Crippen molar-refractivity contribution in [3.05, 3.63) is 24.3 Å². The first-order valence-corrected chi connectivity index (χ1v) is 4.80. The van der Waals surface area contributed by atoms with E-state index in [1.54, 1.807) is 37.6 Å². The van der Waals surface area contributed by atoms with Gasteiger partial charge in [-0.3, -0.25) is 14.8 Å². The highest BCUT2D eigenvalue weighted by molar-refractivity contribution is 5.77. The van der Waals surface area contributed by atoms with Crippen molar-refractivity contribution in [2.24, 2.45) is 0 Å². The maximum Gasteiger partial charge on any atom is 0.236 e. The van der Waals surface area contributed by atoms with Crippen LogP contribution < -0.4 is 5.32 Å². The predicted octanol–water partition coefficient (Wildman–Crippen LogP) is 0.215. The maximum atomic E-state index is 11.3. The summed E-state index contributed by atoms with van der Waals surface area (Å²) in [5.74, 6) is 0.0470. The first-order chi connectivity index (χ1) is 7.11. The largest absolute Gasteiger partial charge is 0.348 e. The van der Waals surface area contributed by atoms with Crippen LogP contribution >= 0.6 is 0 Å². The molecule has 0 spiro atoms. The van der Waals surface area contributed by atoms with Crippen molar-refractivity contribution in [3.63, 3.8) is 0 Å². The van der Waals surface area contributed by atoms with Crippen molar-refractivity contribution >= 4 is 5.91 Å². The quantitative estimate of drug-likeness (QED) is 0.768. The second-order valence-electron chi connectivity index (χ2n) is 3.52. The number of aromatic nitrogens is 2. The van der Waals surface area contributed by atoms with Crippen molar-refractivity contribution in [1.82, 2.24) is 20.2 Å². The van der Waals surface area contributed by atoms with Gasteiger partial charge in [-0.05, 0) is 6.92 Å². The number of amides is 1. The Hall–Kier alpha value is -1.49. The minimum Gasteiger partial charge on any atom is -0.348 e. The molecule has 5 nitrogen and oxygen atoms in total. The highest BCUT2D eigenvalue weighted by Gasteiger charge is 2.09. The summed E-state index contributed by atoms with van der Waals surface area (Å²) >= 11 is 0. The topological polar surface area (TPSA) is 58.1 Å². The van der Waals surface area contributed by atoms with E-state index in [2.05, 4.69) is 15.3 Å². The second-order valence-corrected chi connectivity index (χ2v) is 3.52. The Morgan fingerprint density at radius 3 is 2.80 bits per heavy atom. The molecule has 1 unspecified atom stereocenters. The molecule has 0 radical (unpaired) electrons. The summed E-state index contributed by atoms with van der Waals surface area (Å²) in [4.78, 5) is 21.0. The van der Waals surface area contributed by atoms with Crippen LogP contribution in [-0.2, 0) is 4.79 Å². The van der Waals surface area contributed by atoms with Crippen LogP contribution in [0.1, 0.15) is 18.7 Å². The summed E-state index contributed by atoms with van der Waals surface area (Å²) < 4.78 is 0. The zero-order valence-electron chi connectivity index (χ0n) is 9.27. The van der Waals surface area contributed by atoms with Crippen molar-refractivity contribution in [2.45, 2.75) is 13.0 Å². The Bertz CT molecular complexity index is 312. The lowest BCUT2D eigenvalue weighted by Gasteiger charge is -2.15. The maximum absolute atomic E-state index is 11.3. The molecule has 0 aliphatic carbocycles. The van der Waals surface area contributed by atoms with Crippen molar-refractivity contribution in [3.8, 4) is 0 Å². The van der Waals surface area contributed by atoms with Crippen LogP contribution in [0.2, 0.25) is 0 Å². The number of nitrogens with zero attached hydrogens (tertiary/aromatic N) is 3. The molecular weight excluding hydrogens is 192 g/mol. The van der Waals surface area contributed by atoms with Crippen molar-refractivity contribution in [1.29, 1.82) is 0 Å². The fourth-order valence-electron chi connectivity index (χ4n) is 1.04. The van der Waals surface area contributed by atoms with E-state index in [0.717, 1.165) is 5.69 Å². The standard InChI is InChI=1S/C10H16N4O/c1-8(9-6-11-4-5-12-9)13-7-10(15)14(2)3/h4-6,8,13H,7H2,1-3H3. The van der Waals surface area contributed by atoms with Gasteiger partial charge in [-0.15, -0.1) is 0 Å². The van der Waals surface area contributed by atoms with Crippen LogP contribution in [0.4, 0.5) is 0 Å². The van der Waals surface area contributed by atoms with Crippen molar-refractivity contribution < 1.29 is 4.79 Å². The van der Waals surface area contributed by atoms with Gasteiger partial charge in [0.2, 0.25) is 5.91 Å². The highest BCUT2D eigenvalue weighted by atomic mass is 16.2. The van der Waals surface area contributed by atoms with Crippen molar-refractivity contribution in [2.75, 3.05) is 20.6 Å². The number of carbonyl (C=O) groups is 1. The van der Waals surface area contributed by atoms with Crippen LogP contribution in [0.15, 0.2) is 18.6 Å². The Morgan fingerprint density at radius 2 is 2.27 bits per heavy atom. The van der Waals surface area contributed by atoms with Gasteiger partial charge in [0.1, 0.15) is 0 Å². The van der Waals surface area contributed by atoms with E-state index >= 15 is 0 Å². The predicted molar refractivity (Wildman–Crippen MR) is 57.1 cm³/mol. The smallest absolute Gasteiger partial charge is 0.236 e. The molecule has 0 aliphatic heterocycles. The molecule has 1 rings (SSSR count). The number of rotatable bonds is 4. The Labute approximate surface area is 89.5 Å². The van der Waals surface area contributed by atoms with E-state index in [0.29, 0.717) is 6.54 Å². The lowest BCUT2D eigenvalue weighted by molar-refractivity contribution is -0.127. The van der Waals surface area contributed by atoms with E-state index in [1.807, 2.05) is 6.92 Å². The third-order valence-corrected chi connectivity index (χ3v) is 2.09. The van der Waals surface area contributed by atoms with Gasteiger partial charge < -0.3 is 10.2 Å². The number of carbonyl (C=O) groups excluding carboxylic acids is 1. The summed E-state index contributed by atoms with van der Waals surface area (Å²) in [7, 11) is 3.47. The van der Waals surface area contributed by atoms with E-state index in [4.69, 9.17) is 0 Å². The van der Waals surface area contributed by atoms with Gasteiger partial charge in [0.05, 0.1) is 12.2 Å². The molecule has 1 heterocycles. The fraction of sp³-hybridized carbons (Fsp3) is 0.500. The zero-order chi connectivity index (χ0) is 11.3. The number of hydrogen-bond donors (Lipinski definition) is 1. The molecule has 0 fully saturated rings. The molecule has 0 aromatic carbocycles. The van der Waals surface area contributed by atoms with Crippen LogP contribution in [0.3, 0.4) is 0 Å². The minimum absolute atomic E-state index is 0.0302. The van der Waals surface area contributed by atoms with Gasteiger partial charge in [-0.2, -0.15) is 0 Å². The number of nitrogens with one attached hydrogen (secondary N) is 1. The Balaban J connectivity index is 2.44. The van der Waals surface area contributed by atoms with Crippen LogP contribution in [-0.4, -0.2) is 41.4 Å². The lowest BCUT2D eigenvalue weighted by Crippen LogP contribution is -2.34. The van der Waals surface area contributed by atoms with Gasteiger partial charge in [0.25, 0.3) is 0 Å². The van der Waals surface area contributed by atoms with E-state index in [-0.39, 0.29) is 11.9 Å². The van der Waals surface area contributed by atoms with Crippen LogP contribution in [0.5, 0.6) is 0 Å². The Morgan fingerprint density at radius 1 is 1.53 bits per heavy atom. The van der Waals surface area contributed by atoms with Gasteiger partial charge in [-0.25, -0.2) is 0 Å². The summed E-state index contributed by atoms with van der Waals surface area (Å²) in [6, 6.07) is 0.0302. The normalized spacial score (nSPS) is 12.2. The number of likely N-dealkylation sites (N-methyl/N-ethyl adjacent to an activating group) is 1. The third kappa shape index (κ3) is 3.63. The van der Waals surface area contributed by atoms with Gasteiger partial charge in [0.15, 0.2) is 0 Å². The Kier molecular flexibility index (Phi) is 4.17. The minimum atomic E-state index is 0.0302. The molecular formula is C10H16N4O. The molecule has 1 N–H and O–H groups in total. The molecule has 1 aromatic rings. The van der Waals surface area contributed by atoms with E-state index in [1.165, 1.54) is 0 Å². The van der Waals surface area contributed by atoms with Crippen LogP contribution in [0.25, 0.3) is 0 Å². The average molecular weight is 208 g/mol. The van der Waals surface area contributed by atoms with E-state index in [9.17, 15) is 4.79 Å². The van der Waals surface area contributed by atoms with Gasteiger partial charge in [0, 0.05) is 38.7 Å². The molecule has 15 heavy (non-hydrogen) atoms. The molecule has 0 bridgehead atoms. The molecule has 1 aromatic heterocycles. The van der Waals surface area contributed by atoms with Gasteiger partial charge >= 0.3 is 0 Å². The molecule has 0 saturated heterocycles. The summed E-state index contributed by atoms with van der Waals surface area (Å²) in [6.45, 7) is 2.26. The fourth-order valence-corrected chi connectivity index (χ4v) is 1.04. The molecule has 0 saturated carbocycles. The first-order valence-electron chi connectivity index (χ1n) is 4.80. The number of hydrogen-bond acceptors (Lipinski definition) is 4. The summed E-state index contributed by atoms with van der Waals surface area (Å²) in [5, 5.41) is 3.09. The summed E-state index contributed by atoms with van der Waals surface area (Å²) in [6.07, 6.45) is 4.96. The molecule has 5 heteroatoms. The average Bonchev–Trinajstić information content (AvgIpc) is 2.26. The first kappa shape index (κ1) is 11.6. The third-order valence-electron chi connectivity index (χ3n) is 2.09. The van der Waals surface area contributed by atoms with Crippen LogP contribution in [0, 0.1) is 0 Å². The molecule has 0 aliphatic rings. The monoisotopic (exact) mass is 208 g/mol. The SMILES string of the molecule is CC(NCC(=O)N(C)C)c1cnccn1. The van der Waals surface area contributed by atoms with E-state index < -0.39 is 0 Å². The molecule has 1 amide bonds.